The lowest BCUT2D eigenvalue weighted by Crippen LogP contribution is -2.41. The molecule has 1 aromatic heterocycles. The molecule has 0 bridgehead atoms. The van der Waals surface area contributed by atoms with Gasteiger partial charge in [0, 0.05) is 7.05 Å². The van der Waals surface area contributed by atoms with Gasteiger partial charge >= 0.3 is 0 Å². The number of aliphatic imine (C=N–C) groups is 1. The molecule has 152 valence electrons. The molecule has 29 heavy (non-hydrogen) atoms. The molecule has 7 heteroatoms. The van der Waals surface area contributed by atoms with Crippen molar-refractivity contribution in [1.82, 2.24) is 20.6 Å². The maximum Gasteiger partial charge on any atom is 0.191 e. The molecular weight excluding hydrogens is 366 g/mol. The van der Waals surface area contributed by atoms with Gasteiger partial charge in [-0.3, -0.25) is 4.99 Å². The molecule has 0 aliphatic carbocycles. The summed E-state index contributed by atoms with van der Waals surface area (Å²) >= 11 is 0. The summed E-state index contributed by atoms with van der Waals surface area (Å²) in [4.78, 5) is 12.0. The Bertz CT molecular complexity index is 924. The van der Waals surface area contributed by atoms with E-state index < -0.39 is 0 Å². The predicted molar refractivity (Wildman–Crippen MR) is 115 cm³/mol. The second-order valence-electron chi connectivity index (χ2n) is 6.50. The highest BCUT2D eigenvalue weighted by atomic mass is 16.5. The average Bonchev–Trinajstić information content (AvgIpc) is 3.24. The van der Waals surface area contributed by atoms with Gasteiger partial charge < -0.3 is 25.1 Å². The number of guanidine groups is 1. The Balaban J connectivity index is 1.48. The summed E-state index contributed by atoms with van der Waals surface area (Å²) in [7, 11) is 3.37. The van der Waals surface area contributed by atoms with Crippen molar-refractivity contribution in [3.8, 4) is 22.8 Å². The van der Waals surface area contributed by atoms with E-state index >= 15 is 0 Å². The molecule has 3 rings (SSSR count). The number of ether oxygens (including phenoxy) is 2. The number of rotatable bonds is 8. The molecule has 0 saturated carbocycles. The van der Waals surface area contributed by atoms with Crippen molar-refractivity contribution in [3.05, 3.63) is 66.6 Å². The molecule has 7 nitrogen and oxygen atoms in total. The number of para-hydroxylation sites is 2. The van der Waals surface area contributed by atoms with Gasteiger partial charge in [-0.25, -0.2) is 4.98 Å². The van der Waals surface area contributed by atoms with Gasteiger partial charge in [0.25, 0.3) is 0 Å². The first-order valence-electron chi connectivity index (χ1n) is 9.53. The first-order valence-corrected chi connectivity index (χ1v) is 9.53. The fourth-order valence-corrected chi connectivity index (χ4v) is 2.82. The fraction of sp³-hybridized carbons (Fsp3) is 0.273. The van der Waals surface area contributed by atoms with Crippen molar-refractivity contribution < 1.29 is 9.47 Å². The average molecular weight is 393 g/mol. The summed E-state index contributed by atoms with van der Waals surface area (Å²) in [5.74, 6) is 2.95. The van der Waals surface area contributed by atoms with Crippen LogP contribution in [0, 0.1) is 0 Å². The Morgan fingerprint density at radius 2 is 1.79 bits per heavy atom. The van der Waals surface area contributed by atoms with E-state index in [0.29, 0.717) is 24.8 Å². The number of nitrogens with one attached hydrogen (secondary N) is 3. The molecule has 0 aliphatic heterocycles. The van der Waals surface area contributed by atoms with Gasteiger partial charge in [0.15, 0.2) is 17.5 Å². The SMILES string of the molecule is CN=C(NCc1ncc(-c2ccccc2)[nH]1)NCC(C)Oc1ccccc1OC. The van der Waals surface area contributed by atoms with Crippen molar-refractivity contribution in [2.75, 3.05) is 20.7 Å². The van der Waals surface area contributed by atoms with Crippen LogP contribution in [0.15, 0.2) is 65.8 Å². The summed E-state index contributed by atoms with van der Waals surface area (Å²) in [6.07, 6.45) is 1.77. The maximum atomic E-state index is 5.96. The molecule has 0 spiro atoms. The van der Waals surface area contributed by atoms with Gasteiger partial charge in [-0.05, 0) is 24.6 Å². The highest BCUT2D eigenvalue weighted by Crippen LogP contribution is 2.26. The lowest BCUT2D eigenvalue weighted by Gasteiger charge is -2.18. The third-order valence-corrected chi connectivity index (χ3v) is 4.31. The number of aromatic amines is 1. The van der Waals surface area contributed by atoms with E-state index in [1.165, 1.54) is 0 Å². The van der Waals surface area contributed by atoms with Gasteiger partial charge in [-0.1, -0.05) is 42.5 Å². The number of hydrogen-bond donors (Lipinski definition) is 3. The molecule has 1 atom stereocenters. The quantitative estimate of drug-likeness (QED) is 0.404. The standard InChI is InChI=1S/C22H27N5O2/c1-16(29-20-12-8-7-11-19(20)28-3)13-25-22(23-2)26-15-21-24-14-18(27-21)17-9-5-4-6-10-17/h4-12,14,16H,13,15H2,1-3H3,(H,24,27)(H2,23,25,26). The third kappa shape index (κ3) is 5.75. The number of benzene rings is 2. The van der Waals surface area contributed by atoms with Crippen LogP contribution in [0.4, 0.5) is 0 Å². The number of H-pyrrole nitrogens is 1. The Morgan fingerprint density at radius 1 is 1.07 bits per heavy atom. The van der Waals surface area contributed by atoms with Crippen molar-refractivity contribution in [2.24, 2.45) is 4.99 Å². The van der Waals surface area contributed by atoms with Crippen molar-refractivity contribution >= 4 is 5.96 Å². The number of aromatic nitrogens is 2. The molecule has 2 aromatic carbocycles. The van der Waals surface area contributed by atoms with E-state index in [1.54, 1.807) is 14.2 Å². The van der Waals surface area contributed by atoms with Crippen LogP contribution >= 0.6 is 0 Å². The second kappa shape index (κ2) is 10.2. The monoisotopic (exact) mass is 393 g/mol. The lowest BCUT2D eigenvalue weighted by atomic mass is 10.2. The highest BCUT2D eigenvalue weighted by Gasteiger charge is 2.10. The number of methoxy groups -OCH3 is 1. The van der Waals surface area contributed by atoms with Crippen LogP contribution in [0.1, 0.15) is 12.7 Å². The lowest BCUT2D eigenvalue weighted by molar-refractivity contribution is 0.213. The van der Waals surface area contributed by atoms with E-state index in [-0.39, 0.29) is 6.10 Å². The van der Waals surface area contributed by atoms with Crippen LogP contribution in [0.25, 0.3) is 11.3 Å². The third-order valence-electron chi connectivity index (χ3n) is 4.31. The Kier molecular flexibility index (Phi) is 7.10. The van der Waals surface area contributed by atoms with Crippen molar-refractivity contribution in [3.63, 3.8) is 0 Å². The minimum absolute atomic E-state index is 0.0712. The Labute approximate surface area is 171 Å². The van der Waals surface area contributed by atoms with Crippen LogP contribution in [0.2, 0.25) is 0 Å². The van der Waals surface area contributed by atoms with Gasteiger partial charge in [-0.15, -0.1) is 0 Å². The smallest absolute Gasteiger partial charge is 0.191 e. The molecule has 1 unspecified atom stereocenters. The first-order chi connectivity index (χ1) is 14.2. The normalized spacial score (nSPS) is 12.3. The second-order valence-corrected chi connectivity index (χ2v) is 6.50. The molecule has 0 saturated heterocycles. The van der Waals surface area contributed by atoms with Crippen LogP contribution in [0.5, 0.6) is 11.5 Å². The summed E-state index contributed by atoms with van der Waals surface area (Å²) < 4.78 is 11.3. The minimum atomic E-state index is -0.0712. The van der Waals surface area contributed by atoms with Gasteiger partial charge in [0.1, 0.15) is 11.9 Å². The largest absolute Gasteiger partial charge is 0.493 e. The van der Waals surface area contributed by atoms with Crippen molar-refractivity contribution in [2.45, 2.75) is 19.6 Å². The summed E-state index contributed by atoms with van der Waals surface area (Å²) in [6.45, 7) is 3.12. The van der Waals surface area contributed by atoms with Crippen molar-refractivity contribution in [1.29, 1.82) is 0 Å². The number of imidazole rings is 1. The Morgan fingerprint density at radius 3 is 2.52 bits per heavy atom. The number of nitrogens with zero attached hydrogens (tertiary/aromatic N) is 2. The molecule has 0 aliphatic rings. The molecule has 0 radical (unpaired) electrons. The number of hydrogen-bond acceptors (Lipinski definition) is 4. The fourth-order valence-electron chi connectivity index (χ4n) is 2.82. The molecule has 3 N–H and O–H groups in total. The highest BCUT2D eigenvalue weighted by molar-refractivity contribution is 5.79. The Hall–Kier alpha value is -3.48. The van der Waals surface area contributed by atoms with E-state index in [2.05, 4.69) is 25.6 Å². The molecular formula is C22H27N5O2. The van der Waals surface area contributed by atoms with Gasteiger partial charge in [0.05, 0.1) is 32.1 Å². The van der Waals surface area contributed by atoms with E-state index in [4.69, 9.17) is 9.47 Å². The topological polar surface area (TPSA) is 83.6 Å². The predicted octanol–water partition coefficient (Wildman–Crippen LogP) is 3.22. The zero-order chi connectivity index (χ0) is 20.5. The zero-order valence-electron chi connectivity index (χ0n) is 17.0. The summed E-state index contributed by atoms with van der Waals surface area (Å²) in [6, 6.07) is 17.7. The van der Waals surface area contributed by atoms with Gasteiger partial charge in [-0.2, -0.15) is 0 Å². The van der Waals surface area contributed by atoms with E-state index in [1.807, 2.05) is 67.7 Å². The van der Waals surface area contributed by atoms with Crippen LogP contribution in [-0.2, 0) is 6.54 Å². The summed E-state index contributed by atoms with van der Waals surface area (Å²) in [5.41, 5.74) is 2.10. The maximum absolute atomic E-state index is 5.96. The molecule has 3 aromatic rings. The molecule has 0 amide bonds. The molecule has 0 fully saturated rings. The van der Waals surface area contributed by atoms with Crippen LogP contribution in [-0.4, -0.2) is 42.7 Å². The van der Waals surface area contributed by atoms with E-state index in [0.717, 1.165) is 22.8 Å². The molecule has 1 heterocycles. The zero-order valence-corrected chi connectivity index (χ0v) is 17.0. The summed E-state index contributed by atoms with van der Waals surface area (Å²) in [5, 5.41) is 6.52. The van der Waals surface area contributed by atoms with E-state index in [9.17, 15) is 0 Å². The van der Waals surface area contributed by atoms with Crippen LogP contribution < -0.4 is 20.1 Å². The minimum Gasteiger partial charge on any atom is -0.493 e. The first kappa shape index (κ1) is 20.3. The van der Waals surface area contributed by atoms with Crippen LogP contribution in [0.3, 0.4) is 0 Å². The van der Waals surface area contributed by atoms with Gasteiger partial charge in [0.2, 0.25) is 0 Å².